The average molecular weight is 1820 g/mol. The molecule has 132 heavy (non-hydrogen) atoms. The highest BCUT2D eigenvalue weighted by atomic mass is 32.1. The maximum atomic E-state index is 13.4. The molecule has 19 nitrogen and oxygen atoms in total. The summed E-state index contributed by atoms with van der Waals surface area (Å²) in [5, 5.41) is 18.6. The fraction of sp³-hybridized carbons (Fsp3) is 0.468. The van der Waals surface area contributed by atoms with Crippen molar-refractivity contribution in [3.05, 3.63) is 256 Å². The highest BCUT2D eigenvalue weighted by Gasteiger charge is 2.40. The van der Waals surface area contributed by atoms with Crippen LogP contribution in [0.5, 0.6) is 28.7 Å². The van der Waals surface area contributed by atoms with Crippen molar-refractivity contribution in [1.82, 2.24) is 25.1 Å². The van der Waals surface area contributed by atoms with Gasteiger partial charge in [-0.15, -0.1) is 11.3 Å². The zero-order chi connectivity index (χ0) is 95.4. The molecule has 15 rings (SSSR count). The molecule has 0 spiro atoms. The van der Waals surface area contributed by atoms with E-state index in [-0.39, 0.29) is 68.8 Å². The van der Waals surface area contributed by atoms with Crippen LogP contribution in [0.1, 0.15) is 332 Å². The number of pyridine rings is 1. The van der Waals surface area contributed by atoms with Crippen LogP contribution < -0.4 is 50.3 Å². The van der Waals surface area contributed by atoms with E-state index < -0.39 is 17.8 Å². The Bertz CT molecular complexity index is 5510. The number of nitrogens with one attached hydrogen (secondary N) is 5. The van der Waals surface area contributed by atoms with E-state index in [2.05, 4.69) is 173 Å². The number of amides is 5. The first kappa shape index (κ1) is 101. The number of halogens is 3. The number of hydrogen-bond donors (Lipinski definition) is 5. The number of fused-ring (bicyclic) bond motifs is 5. The lowest BCUT2D eigenvalue weighted by molar-refractivity contribution is -0.140. The van der Waals surface area contributed by atoms with Crippen LogP contribution in [0.2, 0.25) is 0 Å². The fourth-order valence-corrected chi connectivity index (χ4v) is 18.3. The molecule has 0 fully saturated rings. The summed E-state index contributed by atoms with van der Waals surface area (Å²) in [5.41, 5.74) is 20.0. The summed E-state index contributed by atoms with van der Waals surface area (Å²) < 4.78 is 68.8. The van der Waals surface area contributed by atoms with E-state index in [1.807, 2.05) is 79.1 Å². The standard InChI is InChI=1S/C24H31NO2.C23H29NO2.C22H28N2O2.C20H24F3N3O2.C20H26N2O2S/c1-24(2,3)20-12-10-17(11-13-20)16-25-23(26)21-14-18-8-6-5-7-9-19(18)15-22(21)27-4;1-23(2,3)18-10-12-19(13-11-18)24-22(25)20-14-16-8-6-5-7-9-17(16)15-21(20)26-4;1-22(2,3)17-10-11-20(23-14-17)24-21(25)18-12-15-8-6-5-7-9-16(15)13-19(18)26-4;1-4-26-12(2)17(18(25-26)20(21,22)23)24-19(27)15-10-13-8-6-5-7-9-14(13)11-16(15)28-3;1-20(2,3)17-12-21-19(25-17)22-18(23)15-10-13-8-6-5-7-9-14(13)11-16(15)24-4/h10-15H,5-9,16H2,1-4H3,(H,25,26);10-15H,5-9H2,1-4H3,(H,24,25);10-14H,5-9H2,1-4H3,(H,23,24,25);10-11H,4-9H2,1-3H3,(H,24,27);10-12H,5-9H2,1-4H3,(H,21,22,23). The predicted octanol–water partition coefficient (Wildman–Crippen LogP) is 25.3. The van der Waals surface area contributed by atoms with Gasteiger partial charge in [0.25, 0.3) is 29.5 Å². The number of ether oxygens (including phenoxy) is 5. The van der Waals surface area contributed by atoms with Gasteiger partial charge in [-0.05, 0) is 321 Å². The summed E-state index contributed by atoms with van der Waals surface area (Å²) in [6.07, 6.45) is 27.0. The molecule has 3 aromatic heterocycles. The van der Waals surface area contributed by atoms with Crippen LogP contribution >= 0.6 is 11.3 Å². The van der Waals surface area contributed by atoms with Gasteiger partial charge in [0.15, 0.2) is 10.8 Å². The molecule has 10 aromatic rings. The smallest absolute Gasteiger partial charge is 0.437 e. The maximum Gasteiger partial charge on any atom is 0.437 e. The van der Waals surface area contributed by atoms with Gasteiger partial charge in [0.05, 0.1) is 74.7 Å². The van der Waals surface area contributed by atoms with Crippen LogP contribution in [0.25, 0.3) is 0 Å². The monoisotopic (exact) mass is 1820 g/mol. The largest absolute Gasteiger partial charge is 0.496 e. The number of rotatable bonds is 17. The van der Waals surface area contributed by atoms with Crippen molar-refractivity contribution in [3.63, 3.8) is 0 Å². The molecule has 5 aliphatic carbocycles. The molecule has 0 radical (unpaired) electrons. The van der Waals surface area contributed by atoms with Gasteiger partial charge < -0.3 is 45.0 Å². The summed E-state index contributed by atoms with van der Waals surface area (Å²) in [7, 11) is 7.96. The molecule has 5 N–H and O–H groups in total. The van der Waals surface area contributed by atoms with Gasteiger partial charge in [0.1, 0.15) is 34.6 Å². The second kappa shape index (κ2) is 45.4. The van der Waals surface area contributed by atoms with Crippen molar-refractivity contribution in [2.75, 3.05) is 56.8 Å². The Morgan fingerprint density at radius 2 is 0.689 bits per heavy atom. The van der Waals surface area contributed by atoms with E-state index in [0.717, 1.165) is 116 Å². The molecular weight excluding hydrogens is 1680 g/mol. The van der Waals surface area contributed by atoms with E-state index in [9.17, 15) is 37.1 Å². The predicted molar refractivity (Wildman–Crippen MR) is 526 cm³/mol. The molecular formula is C109H138F3N9O10S. The number of anilines is 4. The van der Waals surface area contributed by atoms with Crippen LogP contribution in [-0.4, -0.2) is 84.8 Å². The molecule has 0 aliphatic heterocycles. The minimum absolute atomic E-state index is 0.0302. The third-order valence-electron chi connectivity index (χ3n) is 25.4. The molecule has 0 saturated heterocycles. The zero-order valence-electron chi connectivity index (χ0n) is 81.2. The molecule has 3 heterocycles. The first-order chi connectivity index (χ1) is 62.8. The van der Waals surface area contributed by atoms with Gasteiger partial charge in [-0.3, -0.25) is 34.0 Å². The molecule has 7 aromatic carbocycles. The summed E-state index contributed by atoms with van der Waals surface area (Å²) in [5.74, 6) is 2.39. The van der Waals surface area contributed by atoms with Crippen LogP contribution in [0, 0.1) is 6.92 Å². The van der Waals surface area contributed by atoms with Gasteiger partial charge in [0.2, 0.25) is 0 Å². The quantitative estimate of drug-likeness (QED) is 0.0534. The maximum absolute atomic E-state index is 13.4. The SMILES string of the molecule is CCn1nc(C(F)(F)F)c(NC(=O)c2cc3c(cc2OC)CCCCC3)c1C.COc1cc2c(cc1C(=O)NCc1ccc(C(C)(C)C)cc1)CCCCC2.COc1cc2c(cc1C(=O)Nc1ccc(C(C)(C)C)cc1)CCCCC2.COc1cc2c(cc1C(=O)Nc1ccc(C(C)(C)C)cn1)CCCCC2.COc1cc2c(cc1C(=O)Nc1ncc(C(C)(C)C)s1)CCCCC2. The van der Waals surface area contributed by atoms with Crippen molar-refractivity contribution in [2.24, 2.45) is 0 Å². The third-order valence-corrected chi connectivity index (χ3v) is 26.8. The van der Waals surface area contributed by atoms with Crippen LogP contribution in [-0.2, 0) is 105 Å². The van der Waals surface area contributed by atoms with Gasteiger partial charge in [-0.25, -0.2) is 9.97 Å². The Morgan fingerprint density at radius 3 is 1.00 bits per heavy atom. The van der Waals surface area contributed by atoms with E-state index in [1.54, 1.807) is 41.4 Å². The van der Waals surface area contributed by atoms with Gasteiger partial charge in [0, 0.05) is 36.0 Å². The minimum Gasteiger partial charge on any atom is -0.496 e. The highest BCUT2D eigenvalue weighted by Crippen LogP contribution is 2.41. The van der Waals surface area contributed by atoms with E-state index >= 15 is 0 Å². The Balaban J connectivity index is 0.000000159. The molecule has 0 bridgehead atoms. The number of aryl methyl sites for hydroxylation is 11. The minimum atomic E-state index is -4.66. The number of carbonyl (C=O) groups excluding carboxylic acids is 5. The zero-order valence-corrected chi connectivity index (χ0v) is 82.0. The summed E-state index contributed by atoms with van der Waals surface area (Å²) in [6.45, 7) is 30.0. The van der Waals surface area contributed by atoms with Gasteiger partial charge >= 0.3 is 6.18 Å². The van der Waals surface area contributed by atoms with Crippen molar-refractivity contribution in [1.29, 1.82) is 0 Å². The van der Waals surface area contributed by atoms with Crippen LogP contribution in [0.4, 0.5) is 35.5 Å². The Morgan fingerprint density at radius 1 is 0.371 bits per heavy atom. The second-order valence-corrected chi connectivity index (χ2v) is 40.3. The normalized spacial score (nSPS) is 14.3. The number of methoxy groups -OCH3 is 5. The van der Waals surface area contributed by atoms with Gasteiger partial charge in [-0.1, -0.05) is 158 Å². The molecule has 5 amide bonds. The highest BCUT2D eigenvalue weighted by molar-refractivity contribution is 7.15. The van der Waals surface area contributed by atoms with E-state index in [0.29, 0.717) is 68.5 Å². The number of benzene rings is 7. The van der Waals surface area contributed by atoms with Crippen LogP contribution in [0.15, 0.2) is 134 Å². The summed E-state index contributed by atoms with van der Waals surface area (Å²) in [4.78, 5) is 74.1. The average Bonchev–Trinajstić information content (AvgIpc) is 1.69. The van der Waals surface area contributed by atoms with Crippen LogP contribution in [0.3, 0.4) is 0 Å². The van der Waals surface area contributed by atoms with Crippen molar-refractivity contribution < 1.29 is 60.8 Å². The topological polar surface area (TPSA) is 235 Å². The molecule has 23 heteroatoms. The lowest BCUT2D eigenvalue weighted by atomic mass is 9.87. The Kier molecular flexibility index (Phi) is 34.8. The third kappa shape index (κ3) is 27.0. The fourth-order valence-electron chi connectivity index (χ4n) is 17.4. The molecule has 0 saturated carbocycles. The lowest BCUT2D eigenvalue weighted by Crippen LogP contribution is -2.24. The second-order valence-electron chi connectivity index (χ2n) is 39.3. The Labute approximate surface area is 784 Å². The lowest BCUT2D eigenvalue weighted by Gasteiger charge is -2.19. The number of carbonyl (C=O) groups is 5. The first-order valence-electron chi connectivity index (χ1n) is 47.1. The Hall–Kier alpha value is -11.3. The summed E-state index contributed by atoms with van der Waals surface area (Å²) >= 11 is 1.52. The van der Waals surface area contributed by atoms with Crippen molar-refractivity contribution in [3.8, 4) is 28.7 Å². The number of hydrogen-bond acceptors (Lipinski definition) is 14. The number of alkyl halides is 3. The van der Waals surface area contributed by atoms with Crippen molar-refractivity contribution in [2.45, 2.75) is 298 Å². The number of thiazole rings is 1. The van der Waals surface area contributed by atoms with E-state index in [1.165, 1.54) is 163 Å². The molecule has 5 aliphatic rings. The first-order valence-corrected chi connectivity index (χ1v) is 47.9. The molecule has 0 unspecified atom stereocenters. The molecule has 706 valence electrons. The number of nitrogens with zero attached hydrogens (tertiary/aromatic N) is 4. The van der Waals surface area contributed by atoms with Crippen molar-refractivity contribution >= 4 is 63.2 Å². The van der Waals surface area contributed by atoms with E-state index in [4.69, 9.17) is 23.7 Å². The molecule has 0 atom stereocenters. The summed E-state index contributed by atoms with van der Waals surface area (Å²) in [6, 6.07) is 40.3. The number of aromatic nitrogens is 4. The van der Waals surface area contributed by atoms with Gasteiger partial charge in [-0.2, -0.15) is 18.3 Å².